The molecule has 2 heterocycles. The van der Waals surface area contributed by atoms with Gasteiger partial charge >= 0.3 is 0 Å². The van der Waals surface area contributed by atoms with Gasteiger partial charge < -0.3 is 19.3 Å². The van der Waals surface area contributed by atoms with Crippen molar-refractivity contribution in [2.45, 2.75) is 25.5 Å². The summed E-state index contributed by atoms with van der Waals surface area (Å²) in [7, 11) is 0. The van der Waals surface area contributed by atoms with Crippen molar-refractivity contribution in [3.8, 4) is 16.9 Å². The van der Waals surface area contributed by atoms with E-state index in [1.165, 1.54) is 16.7 Å². The smallest absolute Gasteiger partial charge is 0.294 e. The summed E-state index contributed by atoms with van der Waals surface area (Å²) in [6, 6.07) is 21.8. The Balaban J connectivity index is 1.37. The summed E-state index contributed by atoms with van der Waals surface area (Å²) >= 11 is 0. The molecule has 9 nitrogen and oxygen atoms in total. The van der Waals surface area contributed by atoms with Gasteiger partial charge in [0.1, 0.15) is 18.5 Å². The number of ether oxygens (including phenoxy) is 1. The summed E-state index contributed by atoms with van der Waals surface area (Å²) in [5, 5.41) is 22.1. The van der Waals surface area contributed by atoms with Crippen molar-refractivity contribution in [3.05, 3.63) is 93.3 Å². The lowest BCUT2D eigenvalue weighted by molar-refractivity contribution is -0.384. The summed E-state index contributed by atoms with van der Waals surface area (Å²) in [4.78, 5) is 30.6. The molecule has 4 aromatic rings. The molecule has 184 valence electrons. The standard InChI is InChI=1S/C27H26N4O5/c32-22(18-36-23-11-8-20(9-12-23)19-6-2-1-3-7-19)17-30-25-16-21(31(34)35)10-13-24(25)28-26(27(30)33)29-14-4-5-15-29/h1-3,6-13,16,22,32H,4-5,14-15,17-18H2/t22-/m1/s1. The summed E-state index contributed by atoms with van der Waals surface area (Å²) in [6.45, 7) is 1.33. The van der Waals surface area contributed by atoms with Gasteiger partial charge in [0.25, 0.3) is 11.2 Å². The van der Waals surface area contributed by atoms with Gasteiger partial charge in [0, 0.05) is 25.2 Å². The molecule has 0 amide bonds. The number of non-ortho nitro benzene ring substituents is 1. The maximum Gasteiger partial charge on any atom is 0.294 e. The molecule has 3 aromatic carbocycles. The number of aromatic nitrogens is 2. The van der Waals surface area contributed by atoms with E-state index >= 15 is 0 Å². The fourth-order valence-electron chi connectivity index (χ4n) is 4.47. The number of hydrogen-bond donors (Lipinski definition) is 1. The van der Waals surface area contributed by atoms with Gasteiger partial charge in [-0.25, -0.2) is 4.98 Å². The van der Waals surface area contributed by atoms with Crippen molar-refractivity contribution in [1.29, 1.82) is 0 Å². The minimum Gasteiger partial charge on any atom is -0.491 e. The first kappa shape index (κ1) is 23.5. The van der Waals surface area contributed by atoms with E-state index in [2.05, 4.69) is 4.98 Å². The van der Waals surface area contributed by atoms with Crippen LogP contribution in [0.3, 0.4) is 0 Å². The van der Waals surface area contributed by atoms with Crippen LogP contribution in [0.25, 0.3) is 22.2 Å². The van der Waals surface area contributed by atoms with Gasteiger partial charge in [0.05, 0.1) is 22.5 Å². The van der Waals surface area contributed by atoms with Crippen molar-refractivity contribution in [2.75, 3.05) is 24.6 Å². The van der Waals surface area contributed by atoms with E-state index < -0.39 is 11.0 Å². The number of benzene rings is 3. The Morgan fingerprint density at radius 3 is 2.39 bits per heavy atom. The van der Waals surface area contributed by atoms with Crippen molar-refractivity contribution in [3.63, 3.8) is 0 Å². The molecule has 5 rings (SSSR count). The number of anilines is 1. The largest absolute Gasteiger partial charge is 0.491 e. The molecule has 1 aliphatic heterocycles. The topological polar surface area (TPSA) is 111 Å². The van der Waals surface area contributed by atoms with Gasteiger partial charge in [-0.1, -0.05) is 42.5 Å². The highest BCUT2D eigenvalue weighted by Crippen LogP contribution is 2.24. The normalized spacial score (nSPS) is 14.2. The van der Waals surface area contributed by atoms with E-state index in [1.807, 2.05) is 59.5 Å². The van der Waals surface area contributed by atoms with E-state index in [4.69, 9.17) is 4.74 Å². The van der Waals surface area contributed by atoms with Crippen molar-refractivity contribution < 1.29 is 14.8 Å². The molecule has 1 saturated heterocycles. The van der Waals surface area contributed by atoms with Crippen molar-refractivity contribution >= 4 is 22.5 Å². The fraction of sp³-hybridized carbons (Fsp3) is 0.259. The third kappa shape index (κ3) is 4.92. The Bertz CT molecular complexity index is 1430. The number of hydrogen-bond acceptors (Lipinski definition) is 7. The van der Waals surface area contributed by atoms with E-state index in [0.717, 1.165) is 37.1 Å². The van der Waals surface area contributed by atoms with E-state index in [0.29, 0.717) is 22.6 Å². The van der Waals surface area contributed by atoms with Crippen LogP contribution in [0.4, 0.5) is 11.5 Å². The third-order valence-corrected chi connectivity index (χ3v) is 6.33. The summed E-state index contributed by atoms with van der Waals surface area (Å²) in [6.07, 6.45) is 0.922. The third-order valence-electron chi connectivity index (χ3n) is 6.33. The number of rotatable bonds is 8. The Morgan fingerprint density at radius 1 is 1.00 bits per heavy atom. The van der Waals surface area contributed by atoms with E-state index in [9.17, 15) is 20.0 Å². The monoisotopic (exact) mass is 486 g/mol. The first-order valence-electron chi connectivity index (χ1n) is 11.9. The molecule has 0 unspecified atom stereocenters. The van der Waals surface area contributed by atoms with Gasteiger partial charge in [-0.3, -0.25) is 14.9 Å². The van der Waals surface area contributed by atoms with Gasteiger partial charge in [-0.2, -0.15) is 0 Å². The fourth-order valence-corrected chi connectivity index (χ4v) is 4.47. The van der Waals surface area contributed by atoms with E-state index in [-0.39, 0.29) is 24.4 Å². The Kier molecular flexibility index (Phi) is 6.64. The molecule has 1 atom stereocenters. The highest BCUT2D eigenvalue weighted by atomic mass is 16.6. The number of aliphatic hydroxyl groups is 1. The second kappa shape index (κ2) is 10.2. The molecular formula is C27H26N4O5. The minimum absolute atomic E-state index is 0.0467. The van der Waals surface area contributed by atoms with Crippen LogP contribution in [-0.4, -0.2) is 45.4 Å². The zero-order valence-electron chi connectivity index (χ0n) is 19.6. The lowest BCUT2D eigenvalue weighted by atomic mass is 10.1. The number of aliphatic hydroxyl groups excluding tert-OH is 1. The summed E-state index contributed by atoms with van der Waals surface area (Å²) < 4.78 is 7.15. The Hall–Kier alpha value is -4.24. The maximum absolute atomic E-state index is 13.4. The van der Waals surface area contributed by atoms with Crippen LogP contribution < -0.4 is 15.2 Å². The Labute approximate surface area is 207 Å². The van der Waals surface area contributed by atoms with Gasteiger partial charge in [-0.15, -0.1) is 0 Å². The average Bonchev–Trinajstić information content (AvgIpc) is 3.44. The number of fused-ring (bicyclic) bond motifs is 1. The molecule has 0 radical (unpaired) electrons. The first-order chi connectivity index (χ1) is 17.5. The summed E-state index contributed by atoms with van der Waals surface area (Å²) in [5.74, 6) is 0.896. The predicted molar refractivity (Wildman–Crippen MR) is 137 cm³/mol. The Morgan fingerprint density at radius 2 is 1.69 bits per heavy atom. The molecule has 36 heavy (non-hydrogen) atoms. The van der Waals surface area contributed by atoms with Gasteiger partial charge in [-0.05, 0) is 42.2 Å². The average molecular weight is 487 g/mol. The van der Waals surface area contributed by atoms with Gasteiger partial charge in [0.2, 0.25) is 0 Å². The second-order valence-corrected chi connectivity index (χ2v) is 8.83. The second-order valence-electron chi connectivity index (χ2n) is 8.83. The zero-order valence-corrected chi connectivity index (χ0v) is 19.6. The number of nitro groups is 1. The molecule has 0 aliphatic carbocycles. The SMILES string of the molecule is O=c1c(N2CCCC2)nc2ccc([N+](=O)[O-])cc2n1C[C@@H](O)COc1ccc(-c2ccccc2)cc1. The molecule has 9 heteroatoms. The highest BCUT2D eigenvalue weighted by Gasteiger charge is 2.22. The van der Waals surface area contributed by atoms with Gasteiger partial charge in [0.15, 0.2) is 5.82 Å². The van der Waals surface area contributed by atoms with Crippen molar-refractivity contribution in [2.24, 2.45) is 0 Å². The minimum atomic E-state index is -1.02. The van der Waals surface area contributed by atoms with Crippen LogP contribution in [0.2, 0.25) is 0 Å². The predicted octanol–water partition coefficient (Wildman–Crippen LogP) is 4.01. The molecule has 1 N–H and O–H groups in total. The van der Waals surface area contributed by atoms with E-state index in [1.54, 1.807) is 6.07 Å². The van der Waals surface area contributed by atoms with Crippen LogP contribution in [-0.2, 0) is 6.54 Å². The quantitative estimate of drug-likeness (QED) is 0.296. The zero-order chi connectivity index (χ0) is 25.1. The number of nitrogens with zero attached hydrogens (tertiary/aromatic N) is 4. The first-order valence-corrected chi connectivity index (χ1v) is 11.9. The van der Waals surface area contributed by atoms with Crippen LogP contribution in [0.5, 0.6) is 5.75 Å². The van der Waals surface area contributed by atoms with Crippen molar-refractivity contribution in [1.82, 2.24) is 9.55 Å². The van der Waals surface area contributed by atoms with Crippen LogP contribution in [0.15, 0.2) is 77.6 Å². The lowest BCUT2D eigenvalue weighted by Crippen LogP contribution is -2.35. The van der Waals surface area contributed by atoms with Crippen LogP contribution in [0, 0.1) is 10.1 Å². The molecular weight excluding hydrogens is 460 g/mol. The summed E-state index contributed by atoms with van der Waals surface area (Å²) in [5.41, 5.74) is 2.40. The lowest BCUT2D eigenvalue weighted by Gasteiger charge is -2.20. The highest BCUT2D eigenvalue weighted by molar-refractivity contribution is 5.79. The van der Waals surface area contributed by atoms with Crippen LogP contribution >= 0.6 is 0 Å². The molecule has 1 fully saturated rings. The molecule has 1 aliphatic rings. The molecule has 0 bridgehead atoms. The van der Waals surface area contributed by atoms with Crippen LogP contribution in [0.1, 0.15) is 12.8 Å². The number of nitro benzene ring substituents is 1. The molecule has 1 aromatic heterocycles. The molecule has 0 saturated carbocycles. The molecule has 0 spiro atoms. The maximum atomic E-state index is 13.4.